The summed E-state index contributed by atoms with van der Waals surface area (Å²) < 4.78 is 43.2. The van der Waals surface area contributed by atoms with Crippen LogP contribution in [0.1, 0.15) is 78.2 Å². The van der Waals surface area contributed by atoms with E-state index in [0.717, 1.165) is 22.6 Å². The SMILES string of the molecule is CCOc1cc2c(nc1C(=O)NC)C(=N)N(CC(=O)c1cc(N3CCC(O)CC3)c(OC)c(C(C)(C)C)c1)C2.O=C(O)C(F)(F)F. The number of nitrogens with zero attached hydrogens (tertiary/aromatic N) is 3. The Kier molecular flexibility index (Phi) is 11.3. The van der Waals surface area contributed by atoms with Crippen LogP contribution in [-0.4, -0.2) is 96.3 Å². The summed E-state index contributed by atoms with van der Waals surface area (Å²) in [6.07, 6.45) is -4.09. The Morgan fingerprint density at radius 3 is 2.24 bits per heavy atom. The van der Waals surface area contributed by atoms with E-state index in [1.807, 2.05) is 19.1 Å². The van der Waals surface area contributed by atoms with Crippen molar-refractivity contribution in [1.82, 2.24) is 15.2 Å². The number of Topliss-reactive ketones (excluding diaryl/α,β-unsaturated/α-hetero) is 1. The highest BCUT2D eigenvalue weighted by molar-refractivity contribution is 6.06. The number of halogens is 3. The van der Waals surface area contributed by atoms with Crippen molar-refractivity contribution in [3.05, 3.63) is 46.3 Å². The lowest BCUT2D eigenvalue weighted by Crippen LogP contribution is -2.36. The van der Waals surface area contributed by atoms with Gasteiger partial charge in [0, 0.05) is 43.4 Å². The number of amides is 1. The molecule has 2 aliphatic rings. The monoisotopic (exact) mass is 651 g/mol. The number of methoxy groups -OCH3 is 1. The summed E-state index contributed by atoms with van der Waals surface area (Å²) in [6, 6.07) is 5.50. The third-order valence-electron chi connectivity index (χ3n) is 7.50. The highest BCUT2D eigenvalue weighted by atomic mass is 19.4. The third kappa shape index (κ3) is 8.24. The molecular weight excluding hydrogens is 611 g/mol. The van der Waals surface area contributed by atoms with Gasteiger partial charge in [-0.05, 0) is 43.4 Å². The van der Waals surface area contributed by atoms with E-state index in [9.17, 15) is 27.9 Å². The number of aliphatic hydroxyl groups is 1. The molecule has 1 amide bonds. The number of aromatic nitrogens is 1. The Morgan fingerprint density at radius 1 is 1.13 bits per heavy atom. The Morgan fingerprint density at radius 2 is 1.74 bits per heavy atom. The number of hydrogen-bond donors (Lipinski definition) is 4. The number of rotatable bonds is 8. The van der Waals surface area contributed by atoms with E-state index in [-0.39, 0.29) is 35.4 Å². The molecule has 0 spiro atoms. The fourth-order valence-electron chi connectivity index (χ4n) is 5.13. The van der Waals surface area contributed by atoms with Crippen LogP contribution in [0, 0.1) is 5.41 Å². The molecule has 0 saturated carbocycles. The number of piperidine rings is 1. The average Bonchev–Trinajstić information content (AvgIpc) is 3.28. The first-order valence-corrected chi connectivity index (χ1v) is 14.6. The number of ether oxygens (including phenoxy) is 2. The highest BCUT2D eigenvalue weighted by Crippen LogP contribution is 2.41. The lowest BCUT2D eigenvalue weighted by Gasteiger charge is -2.35. The van der Waals surface area contributed by atoms with Gasteiger partial charge in [0.25, 0.3) is 5.91 Å². The number of amidine groups is 1. The normalized spacial score (nSPS) is 15.1. The maximum atomic E-state index is 13.7. The van der Waals surface area contributed by atoms with Gasteiger partial charge in [-0.3, -0.25) is 15.0 Å². The van der Waals surface area contributed by atoms with Crippen molar-refractivity contribution >= 4 is 29.2 Å². The molecule has 1 aromatic carbocycles. The highest BCUT2D eigenvalue weighted by Gasteiger charge is 2.38. The van der Waals surface area contributed by atoms with E-state index < -0.39 is 18.1 Å². The maximum Gasteiger partial charge on any atom is 0.490 e. The molecule has 15 heteroatoms. The summed E-state index contributed by atoms with van der Waals surface area (Å²) in [5.74, 6) is -2.08. The molecule has 4 N–H and O–H groups in total. The Labute approximate surface area is 265 Å². The molecule has 2 aromatic rings. The molecule has 0 atom stereocenters. The number of aliphatic carboxylic acids is 1. The Bertz CT molecular complexity index is 1480. The van der Waals surface area contributed by atoms with Gasteiger partial charge in [-0.15, -0.1) is 0 Å². The lowest BCUT2D eigenvalue weighted by atomic mass is 9.84. The molecule has 4 rings (SSSR count). The number of carbonyl (C=O) groups excluding carboxylic acids is 2. The minimum absolute atomic E-state index is 0.0114. The summed E-state index contributed by atoms with van der Waals surface area (Å²) in [6.45, 7) is 10.1. The van der Waals surface area contributed by atoms with Crippen LogP contribution >= 0.6 is 0 Å². The zero-order chi connectivity index (χ0) is 34.6. The number of ketones is 1. The fourth-order valence-corrected chi connectivity index (χ4v) is 5.13. The van der Waals surface area contributed by atoms with E-state index in [1.54, 1.807) is 18.1 Å². The smallest absolute Gasteiger partial charge is 0.490 e. The van der Waals surface area contributed by atoms with Crippen molar-refractivity contribution in [2.45, 2.75) is 64.8 Å². The number of fused-ring (bicyclic) bond motifs is 1. The summed E-state index contributed by atoms with van der Waals surface area (Å²) in [5, 5.41) is 28.4. The van der Waals surface area contributed by atoms with E-state index in [0.29, 0.717) is 56.1 Å². The molecule has 1 aromatic heterocycles. The average molecular weight is 652 g/mol. The predicted molar refractivity (Wildman–Crippen MR) is 163 cm³/mol. The van der Waals surface area contributed by atoms with E-state index >= 15 is 0 Å². The minimum Gasteiger partial charge on any atom is -0.494 e. The molecule has 0 unspecified atom stereocenters. The van der Waals surface area contributed by atoms with Gasteiger partial charge in [-0.1, -0.05) is 20.8 Å². The van der Waals surface area contributed by atoms with Crippen LogP contribution in [0.15, 0.2) is 18.2 Å². The molecule has 0 aliphatic carbocycles. The number of benzene rings is 1. The van der Waals surface area contributed by atoms with Crippen molar-refractivity contribution in [2.24, 2.45) is 0 Å². The van der Waals surface area contributed by atoms with Gasteiger partial charge in [-0.25, -0.2) is 9.78 Å². The summed E-state index contributed by atoms with van der Waals surface area (Å²) >= 11 is 0. The predicted octanol–water partition coefficient (Wildman–Crippen LogP) is 3.76. The zero-order valence-electron chi connectivity index (χ0n) is 26.7. The molecule has 0 radical (unpaired) electrons. The Balaban J connectivity index is 0.000000738. The van der Waals surface area contributed by atoms with Crippen LogP contribution in [-0.2, 0) is 16.8 Å². The standard InChI is InChI=1S/C29H39N5O5.C2HF3O2/c1-7-39-23-14-18-15-34(27(30)24(18)32-25(23)28(37)31-5)16-22(36)17-12-20(29(2,3)4)26(38-6)21(13-17)33-10-8-19(35)9-11-33;3-2(4,5)1(6)7/h12-14,19,30,35H,7-11,15-16H2,1-6H3,(H,31,37);(H,6,7). The zero-order valence-corrected chi connectivity index (χ0v) is 26.7. The number of carbonyl (C=O) groups is 3. The second-order valence-corrected chi connectivity index (χ2v) is 11.8. The number of pyridine rings is 1. The van der Waals surface area contributed by atoms with Gasteiger partial charge in [0.2, 0.25) is 0 Å². The molecule has 2 aliphatic heterocycles. The molecule has 46 heavy (non-hydrogen) atoms. The number of carboxylic acid groups (broad SMARTS) is 1. The molecule has 1 fully saturated rings. The quantitative estimate of drug-likeness (QED) is 0.309. The van der Waals surface area contributed by atoms with Crippen molar-refractivity contribution in [2.75, 3.05) is 45.3 Å². The molecule has 252 valence electrons. The largest absolute Gasteiger partial charge is 0.494 e. The third-order valence-corrected chi connectivity index (χ3v) is 7.50. The first kappa shape index (κ1) is 36.1. The van der Waals surface area contributed by atoms with E-state index in [2.05, 4.69) is 36.0 Å². The van der Waals surface area contributed by atoms with E-state index in [1.165, 1.54) is 7.05 Å². The van der Waals surface area contributed by atoms with Gasteiger partial charge in [0.15, 0.2) is 17.2 Å². The van der Waals surface area contributed by atoms with Gasteiger partial charge < -0.3 is 34.8 Å². The lowest BCUT2D eigenvalue weighted by molar-refractivity contribution is -0.192. The number of nitrogens with one attached hydrogen (secondary N) is 2. The van der Waals surface area contributed by atoms with Gasteiger partial charge in [0.1, 0.15) is 17.3 Å². The number of carboxylic acids is 1. The molecular formula is C31H40F3N5O7. The van der Waals surface area contributed by atoms with Gasteiger partial charge >= 0.3 is 12.1 Å². The van der Waals surface area contributed by atoms with Crippen LogP contribution in [0.25, 0.3) is 0 Å². The summed E-state index contributed by atoms with van der Waals surface area (Å²) in [5.41, 5.74) is 3.27. The summed E-state index contributed by atoms with van der Waals surface area (Å²) in [4.78, 5) is 43.3. The second-order valence-electron chi connectivity index (χ2n) is 11.8. The number of aliphatic hydroxyl groups excluding tert-OH is 1. The number of anilines is 1. The molecule has 12 nitrogen and oxygen atoms in total. The molecule has 1 saturated heterocycles. The van der Waals surface area contributed by atoms with Crippen molar-refractivity contribution in [1.29, 1.82) is 5.41 Å². The Hall–Kier alpha value is -4.40. The van der Waals surface area contributed by atoms with Gasteiger partial charge in [0.05, 0.1) is 32.1 Å². The topological polar surface area (TPSA) is 165 Å². The van der Waals surface area contributed by atoms with Crippen molar-refractivity contribution < 1.29 is 47.2 Å². The van der Waals surface area contributed by atoms with Gasteiger partial charge in [-0.2, -0.15) is 13.2 Å². The fraction of sp³-hybridized carbons (Fsp3) is 0.516. The van der Waals surface area contributed by atoms with E-state index in [4.69, 9.17) is 24.8 Å². The van der Waals surface area contributed by atoms with Crippen LogP contribution < -0.4 is 19.7 Å². The first-order valence-electron chi connectivity index (χ1n) is 14.6. The van der Waals surface area contributed by atoms with Crippen LogP contribution in [0.5, 0.6) is 11.5 Å². The first-order chi connectivity index (χ1) is 21.4. The maximum absolute atomic E-state index is 13.7. The van der Waals surface area contributed by atoms with Crippen LogP contribution in [0.4, 0.5) is 18.9 Å². The minimum atomic E-state index is -5.08. The molecule has 3 heterocycles. The van der Waals surface area contributed by atoms with Crippen LogP contribution in [0.3, 0.4) is 0 Å². The number of hydrogen-bond acceptors (Lipinski definition) is 9. The van der Waals surface area contributed by atoms with Crippen molar-refractivity contribution in [3.8, 4) is 11.5 Å². The molecule has 0 bridgehead atoms. The van der Waals surface area contributed by atoms with Crippen molar-refractivity contribution in [3.63, 3.8) is 0 Å². The second kappa shape index (κ2) is 14.4. The van der Waals surface area contributed by atoms with Crippen LogP contribution in [0.2, 0.25) is 0 Å². The number of alkyl halides is 3. The summed E-state index contributed by atoms with van der Waals surface area (Å²) in [7, 11) is 3.16.